The van der Waals surface area contributed by atoms with Gasteiger partial charge in [-0.2, -0.15) is 0 Å². The van der Waals surface area contributed by atoms with Gasteiger partial charge in [0.1, 0.15) is 0 Å². The molecule has 0 aromatic heterocycles. The zero-order chi connectivity index (χ0) is 14.0. The second-order valence-corrected chi connectivity index (χ2v) is 6.95. The van der Waals surface area contributed by atoms with Crippen LogP contribution in [0, 0.1) is 12.8 Å². The van der Waals surface area contributed by atoms with E-state index >= 15 is 0 Å². The number of nitrogens with one attached hydrogen (secondary N) is 1. The summed E-state index contributed by atoms with van der Waals surface area (Å²) in [6.07, 6.45) is 2.49. The predicted octanol–water partition coefficient (Wildman–Crippen LogP) is 3.29. The van der Waals surface area contributed by atoms with Crippen molar-refractivity contribution in [2.45, 2.75) is 52.0 Å². The Labute approximate surface area is 117 Å². The van der Waals surface area contributed by atoms with Gasteiger partial charge in [-0.15, -0.1) is 0 Å². The first-order valence-corrected chi connectivity index (χ1v) is 7.47. The van der Waals surface area contributed by atoms with Gasteiger partial charge in [0, 0.05) is 6.04 Å². The molecule has 0 bridgehead atoms. The molecule has 0 amide bonds. The number of nitrogens with two attached hydrogens (primary N) is 1. The zero-order valence-corrected chi connectivity index (χ0v) is 12.8. The molecule has 2 nitrogen and oxygen atoms in total. The normalized spacial score (nSPS) is 22.3. The van der Waals surface area contributed by atoms with E-state index in [2.05, 4.69) is 51.2 Å². The lowest BCUT2D eigenvalue weighted by molar-refractivity contribution is 0.325. The van der Waals surface area contributed by atoms with E-state index in [1.54, 1.807) is 0 Å². The lowest BCUT2D eigenvalue weighted by atomic mass is 9.82. The van der Waals surface area contributed by atoms with Gasteiger partial charge in [-0.1, -0.05) is 39.0 Å². The average molecular weight is 260 g/mol. The summed E-state index contributed by atoms with van der Waals surface area (Å²) >= 11 is 0. The third-order valence-corrected chi connectivity index (χ3v) is 4.34. The molecule has 2 atom stereocenters. The Bertz CT molecular complexity index is 425. The van der Waals surface area contributed by atoms with Gasteiger partial charge in [-0.25, -0.2) is 0 Å². The molecule has 0 saturated carbocycles. The maximum Gasteiger partial charge on any atom is 0.0338 e. The number of aryl methyl sites for hydroxylation is 1. The summed E-state index contributed by atoms with van der Waals surface area (Å²) in [6, 6.07) is 6.97. The summed E-state index contributed by atoms with van der Waals surface area (Å²) in [7, 11) is 0. The van der Waals surface area contributed by atoms with Crippen LogP contribution in [0.25, 0.3) is 0 Å². The molecule has 1 heterocycles. The van der Waals surface area contributed by atoms with Gasteiger partial charge in [-0.3, -0.25) is 0 Å². The second-order valence-electron chi connectivity index (χ2n) is 6.95. The van der Waals surface area contributed by atoms with Crippen LogP contribution in [0.2, 0.25) is 0 Å². The van der Waals surface area contributed by atoms with Gasteiger partial charge in [0.05, 0.1) is 0 Å². The minimum absolute atomic E-state index is 0.168. The van der Waals surface area contributed by atoms with Gasteiger partial charge >= 0.3 is 0 Å². The van der Waals surface area contributed by atoms with E-state index in [4.69, 9.17) is 5.73 Å². The van der Waals surface area contributed by atoms with Crippen LogP contribution >= 0.6 is 0 Å². The largest absolute Gasteiger partial charge is 0.324 e. The van der Waals surface area contributed by atoms with E-state index < -0.39 is 0 Å². The Morgan fingerprint density at radius 1 is 1.32 bits per heavy atom. The topological polar surface area (TPSA) is 38.0 Å². The van der Waals surface area contributed by atoms with E-state index in [0.29, 0.717) is 5.92 Å². The smallest absolute Gasteiger partial charge is 0.0338 e. The van der Waals surface area contributed by atoms with E-state index in [9.17, 15) is 0 Å². The number of hydrogen-bond donors (Lipinski definition) is 2. The van der Waals surface area contributed by atoms with Crippen molar-refractivity contribution in [1.29, 1.82) is 0 Å². The molecule has 1 aromatic carbocycles. The minimum Gasteiger partial charge on any atom is -0.324 e. The standard InChI is InChI=1S/C17H28N2/c1-12-10-14(17(2,3)4)7-8-15(12)16(18)13-6-5-9-19-11-13/h7-8,10,13,16,19H,5-6,9,11,18H2,1-4H3. The highest BCUT2D eigenvalue weighted by atomic mass is 14.9. The van der Waals surface area contributed by atoms with Gasteiger partial charge < -0.3 is 11.1 Å². The van der Waals surface area contributed by atoms with E-state index in [0.717, 1.165) is 13.1 Å². The molecule has 1 aromatic rings. The minimum atomic E-state index is 0.168. The molecule has 2 unspecified atom stereocenters. The molecular weight excluding hydrogens is 232 g/mol. The average Bonchev–Trinajstić information content (AvgIpc) is 2.38. The monoisotopic (exact) mass is 260 g/mol. The number of hydrogen-bond acceptors (Lipinski definition) is 2. The van der Waals surface area contributed by atoms with Crippen molar-refractivity contribution in [3.05, 3.63) is 34.9 Å². The highest BCUT2D eigenvalue weighted by Crippen LogP contribution is 2.30. The molecule has 2 heteroatoms. The molecule has 0 radical (unpaired) electrons. The quantitative estimate of drug-likeness (QED) is 0.856. The highest BCUT2D eigenvalue weighted by Gasteiger charge is 2.23. The lowest BCUT2D eigenvalue weighted by Gasteiger charge is -2.30. The molecule has 106 valence electrons. The summed E-state index contributed by atoms with van der Waals surface area (Å²) in [4.78, 5) is 0. The fraction of sp³-hybridized carbons (Fsp3) is 0.647. The molecule has 1 saturated heterocycles. The van der Waals surface area contributed by atoms with Crippen molar-refractivity contribution >= 4 is 0 Å². The highest BCUT2D eigenvalue weighted by molar-refractivity contribution is 5.36. The summed E-state index contributed by atoms with van der Waals surface area (Å²) in [5.74, 6) is 0.577. The predicted molar refractivity (Wildman–Crippen MR) is 82.4 cm³/mol. The van der Waals surface area contributed by atoms with Crippen LogP contribution in [0.4, 0.5) is 0 Å². The maximum atomic E-state index is 6.49. The number of rotatable bonds is 2. The van der Waals surface area contributed by atoms with Crippen LogP contribution < -0.4 is 11.1 Å². The zero-order valence-electron chi connectivity index (χ0n) is 12.8. The van der Waals surface area contributed by atoms with Gasteiger partial charge in [0.25, 0.3) is 0 Å². The molecule has 1 aliphatic rings. The van der Waals surface area contributed by atoms with Gasteiger partial charge in [0.15, 0.2) is 0 Å². The van der Waals surface area contributed by atoms with Crippen molar-refractivity contribution in [3.63, 3.8) is 0 Å². The fourth-order valence-electron chi connectivity index (χ4n) is 2.96. The Kier molecular flexibility index (Phi) is 4.32. The van der Waals surface area contributed by atoms with E-state index in [1.165, 1.54) is 29.5 Å². The third kappa shape index (κ3) is 3.37. The molecule has 3 N–H and O–H groups in total. The van der Waals surface area contributed by atoms with Crippen LogP contribution in [0.15, 0.2) is 18.2 Å². The van der Waals surface area contributed by atoms with E-state index in [1.807, 2.05) is 0 Å². The van der Waals surface area contributed by atoms with Crippen LogP contribution in [-0.4, -0.2) is 13.1 Å². The van der Waals surface area contributed by atoms with Gasteiger partial charge in [0.2, 0.25) is 0 Å². The molecular formula is C17H28N2. The molecule has 0 aliphatic carbocycles. The van der Waals surface area contributed by atoms with Crippen LogP contribution in [0.1, 0.15) is 56.3 Å². The molecule has 1 fully saturated rings. The van der Waals surface area contributed by atoms with E-state index in [-0.39, 0.29) is 11.5 Å². The first kappa shape index (κ1) is 14.5. The molecule has 19 heavy (non-hydrogen) atoms. The summed E-state index contributed by atoms with van der Waals surface area (Å²) in [5.41, 5.74) is 10.7. The number of benzene rings is 1. The number of piperidine rings is 1. The van der Waals surface area contributed by atoms with Crippen molar-refractivity contribution in [3.8, 4) is 0 Å². The van der Waals surface area contributed by atoms with Crippen LogP contribution in [0.3, 0.4) is 0 Å². The Morgan fingerprint density at radius 3 is 2.58 bits per heavy atom. The first-order valence-electron chi connectivity index (χ1n) is 7.47. The third-order valence-electron chi connectivity index (χ3n) is 4.34. The van der Waals surface area contributed by atoms with Gasteiger partial charge in [-0.05, 0) is 60.9 Å². The second kappa shape index (κ2) is 5.64. The first-order chi connectivity index (χ1) is 8.89. The molecule has 2 rings (SSSR count). The summed E-state index contributed by atoms with van der Waals surface area (Å²) in [6.45, 7) is 11.2. The maximum absolute atomic E-state index is 6.49. The lowest BCUT2D eigenvalue weighted by Crippen LogP contribution is -2.36. The molecule has 1 aliphatic heterocycles. The van der Waals surface area contributed by atoms with Crippen molar-refractivity contribution in [1.82, 2.24) is 5.32 Å². The Hall–Kier alpha value is -0.860. The fourth-order valence-corrected chi connectivity index (χ4v) is 2.96. The van der Waals surface area contributed by atoms with Crippen LogP contribution in [-0.2, 0) is 5.41 Å². The van der Waals surface area contributed by atoms with Crippen LogP contribution in [0.5, 0.6) is 0 Å². The van der Waals surface area contributed by atoms with Crippen molar-refractivity contribution < 1.29 is 0 Å². The summed E-state index contributed by atoms with van der Waals surface area (Å²) < 4.78 is 0. The van der Waals surface area contributed by atoms with Crippen molar-refractivity contribution in [2.75, 3.05) is 13.1 Å². The SMILES string of the molecule is Cc1cc(C(C)(C)C)ccc1C(N)C1CCCNC1. The van der Waals surface area contributed by atoms with Crippen molar-refractivity contribution in [2.24, 2.45) is 11.7 Å². The Balaban J connectivity index is 2.20. The Morgan fingerprint density at radius 2 is 2.05 bits per heavy atom. The summed E-state index contributed by atoms with van der Waals surface area (Å²) in [5, 5.41) is 3.46. The molecule has 0 spiro atoms.